The summed E-state index contributed by atoms with van der Waals surface area (Å²) in [4.78, 5) is 20.9. The lowest BCUT2D eigenvalue weighted by atomic mass is 10.0. The van der Waals surface area contributed by atoms with Gasteiger partial charge in [0, 0.05) is 29.9 Å². The topological polar surface area (TPSA) is 75.1 Å². The van der Waals surface area contributed by atoms with Gasteiger partial charge in [-0.1, -0.05) is 29.8 Å². The first kappa shape index (κ1) is 17.7. The van der Waals surface area contributed by atoms with E-state index in [1.54, 1.807) is 12.3 Å². The van der Waals surface area contributed by atoms with Crippen molar-refractivity contribution in [3.63, 3.8) is 0 Å². The van der Waals surface area contributed by atoms with E-state index in [0.29, 0.717) is 22.3 Å². The molecule has 0 fully saturated rings. The van der Waals surface area contributed by atoms with Gasteiger partial charge in [-0.2, -0.15) is 0 Å². The molecule has 0 amide bonds. The van der Waals surface area contributed by atoms with Gasteiger partial charge in [-0.05, 0) is 48.9 Å². The molecule has 28 heavy (non-hydrogen) atoms. The molecule has 2 aromatic heterocycles. The van der Waals surface area contributed by atoms with E-state index >= 15 is 0 Å². The maximum atomic E-state index is 11.7. The monoisotopic (exact) mass is 369 g/mol. The minimum absolute atomic E-state index is 0.234. The van der Waals surface area contributed by atoms with Crippen molar-refractivity contribution >= 4 is 22.6 Å². The van der Waals surface area contributed by atoms with Crippen molar-refractivity contribution in [2.24, 2.45) is 0 Å². The first-order chi connectivity index (χ1) is 13.5. The van der Waals surface area contributed by atoms with Crippen LogP contribution in [0.3, 0.4) is 0 Å². The van der Waals surface area contributed by atoms with Crippen LogP contribution in [0.4, 0.5) is 5.69 Å². The number of hydrogen-bond acceptors (Lipinski definition) is 4. The van der Waals surface area contributed by atoms with Gasteiger partial charge in [0.2, 0.25) is 0 Å². The van der Waals surface area contributed by atoms with Gasteiger partial charge in [0.1, 0.15) is 0 Å². The van der Waals surface area contributed by atoms with E-state index in [4.69, 9.17) is 0 Å². The Bertz CT molecular complexity index is 1170. The molecule has 0 saturated carbocycles. The van der Waals surface area contributed by atoms with Crippen LogP contribution >= 0.6 is 0 Å². The van der Waals surface area contributed by atoms with Gasteiger partial charge in [0.25, 0.3) is 0 Å². The SMILES string of the molecule is CNc1ccc(-c2ccc(-c3cc(C(=O)O)c4cc(C)ccc4n3)nc2)cc1. The molecule has 0 radical (unpaired) electrons. The van der Waals surface area contributed by atoms with Crippen LogP contribution < -0.4 is 5.32 Å². The number of nitrogens with zero attached hydrogens (tertiary/aromatic N) is 2. The first-order valence-electron chi connectivity index (χ1n) is 8.94. The summed E-state index contributed by atoms with van der Waals surface area (Å²) in [5, 5.41) is 13.4. The summed E-state index contributed by atoms with van der Waals surface area (Å²) >= 11 is 0. The number of pyridine rings is 2. The molecule has 4 rings (SSSR count). The molecule has 2 heterocycles. The van der Waals surface area contributed by atoms with Crippen molar-refractivity contribution in [1.82, 2.24) is 9.97 Å². The molecule has 138 valence electrons. The average molecular weight is 369 g/mol. The van der Waals surface area contributed by atoms with E-state index in [-0.39, 0.29) is 5.56 Å². The Morgan fingerprint density at radius 2 is 1.68 bits per heavy atom. The van der Waals surface area contributed by atoms with E-state index in [0.717, 1.165) is 22.4 Å². The van der Waals surface area contributed by atoms with Crippen LogP contribution in [0, 0.1) is 6.92 Å². The Morgan fingerprint density at radius 1 is 0.929 bits per heavy atom. The number of aromatic carboxylic acids is 1. The predicted molar refractivity (Wildman–Crippen MR) is 112 cm³/mol. The third kappa shape index (κ3) is 3.30. The molecule has 0 aliphatic carbocycles. The summed E-state index contributed by atoms with van der Waals surface area (Å²) in [6, 6.07) is 19.1. The molecule has 0 spiro atoms. The Balaban J connectivity index is 1.75. The number of carbonyl (C=O) groups is 1. The number of carboxylic acid groups (broad SMARTS) is 1. The lowest BCUT2D eigenvalue weighted by Gasteiger charge is -2.08. The van der Waals surface area contributed by atoms with Crippen LogP contribution in [0.15, 0.2) is 66.9 Å². The second-order valence-corrected chi connectivity index (χ2v) is 6.64. The summed E-state index contributed by atoms with van der Waals surface area (Å²) in [7, 11) is 1.88. The van der Waals surface area contributed by atoms with Gasteiger partial charge in [0.05, 0.1) is 22.5 Å². The maximum Gasteiger partial charge on any atom is 0.336 e. The van der Waals surface area contributed by atoms with Gasteiger partial charge in [-0.15, -0.1) is 0 Å². The highest BCUT2D eigenvalue weighted by Crippen LogP contribution is 2.27. The number of anilines is 1. The number of benzene rings is 2. The molecule has 0 aliphatic rings. The molecular formula is C23H19N3O2. The Labute approximate surface area is 162 Å². The molecule has 0 unspecified atom stereocenters. The van der Waals surface area contributed by atoms with Gasteiger partial charge >= 0.3 is 5.97 Å². The molecule has 0 bridgehead atoms. The summed E-state index contributed by atoms with van der Waals surface area (Å²) < 4.78 is 0. The summed E-state index contributed by atoms with van der Waals surface area (Å²) in [5.74, 6) is -0.972. The molecule has 0 saturated heterocycles. The smallest absolute Gasteiger partial charge is 0.336 e. The summed E-state index contributed by atoms with van der Waals surface area (Å²) in [5.41, 5.74) is 6.16. The number of nitrogens with one attached hydrogen (secondary N) is 1. The minimum atomic E-state index is -0.972. The van der Waals surface area contributed by atoms with Crippen molar-refractivity contribution in [2.75, 3.05) is 12.4 Å². The molecular weight excluding hydrogens is 350 g/mol. The van der Waals surface area contributed by atoms with Crippen molar-refractivity contribution in [3.05, 3.63) is 78.0 Å². The van der Waals surface area contributed by atoms with Crippen LogP contribution in [0.25, 0.3) is 33.4 Å². The number of fused-ring (bicyclic) bond motifs is 1. The lowest BCUT2D eigenvalue weighted by molar-refractivity contribution is 0.0699. The van der Waals surface area contributed by atoms with E-state index in [1.807, 2.05) is 68.6 Å². The number of aromatic nitrogens is 2. The summed E-state index contributed by atoms with van der Waals surface area (Å²) in [6.45, 7) is 1.93. The average Bonchev–Trinajstić information content (AvgIpc) is 2.73. The molecule has 2 aromatic carbocycles. The highest BCUT2D eigenvalue weighted by Gasteiger charge is 2.14. The zero-order valence-corrected chi connectivity index (χ0v) is 15.6. The van der Waals surface area contributed by atoms with Crippen molar-refractivity contribution < 1.29 is 9.90 Å². The number of hydrogen-bond donors (Lipinski definition) is 2. The molecule has 5 heteroatoms. The highest BCUT2D eigenvalue weighted by atomic mass is 16.4. The van der Waals surface area contributed by atoms with Crippen molar-refractivity contribution in [3.8, 4) is 22.5 Å². The van der Waals surface area contributed by atoms with Crippen LogP contribution in [0.1, 0.15) is 15.9 Å². The maximum absolute atomic E-state index is 11.7. The van der Waals surface area contributed by atoms with E-state index in [1.165, 1.54) is 0 Å². The van der Waals surface area contributed by atoms with Crippen LogP contribution in [0.2, 0.25) is 0 Å². The fourth-order valence-electron chi connectivity index (χ4n) is 3.19. The van der Waals surface area contributed by atoms with E-state index in [2.05, 4.69) is 15.3 Å². The lowest BCUT2D eigenvalue weighted by Crippen LogP contribution is -2.01. The fourth-order valence-corrected chi connectivity index (χ4v) is 3.19. The fraction of sp³-hybridized carbons (Fsp3) is 0.0870. The number of aryl methyl sites for hydroxylation is 1. The summed E-state index contributed by atoms with van der Waals surface area (Å²) in [6.07, 6.45) is 1.78. The Morgan fingerprint density at radius 3 is 2.32 bits per heavy atom. The first-order valence-corrected chi connectivity index (χ1v) is 8.94. The normalized spacial score (nSPS) is 10.8. The number of carboxylic acids is 1. The Hall–Kier alpha value is -3.73. The molecule has 5 nitrogen and oxygen atoms in total. The second kappa shape index (κ2) is 7.12. The standard InChI is InChI=1S/C23H19N3O2/c1-14-3-9-20-18(11-14)19(23(27)28)12-22(26-20)21-10-6-16(13-25-21)15-4-7-17(24-2)8-5-15/h3-13,24H,1-2H3,(H,27,28). The quantitative estimate of drug-likeness (QED) is 0.529. The van der Waals surface area contributed by atoms with E-state index < -0.39 is 5.97 Å². The van der Waals surface area contributed by atoms with Crippen LogP contribution in [-0.4, -0.2) is 28.1 Å². The number of rotatable bonds is 4. The Kier molecular flexibility index (Phi) is 4.49. The van der Waals surface area contributed by atoms with Gasteiger partial charge in [-0.25, -0.2) is 9.78 Å². The second-order valence-electron chi connectivity index (χ2n) is 6.64. The van der Waals surface area contributed by atoms with Crippen molar-refractivity contribution in [2.45, 2.75) is 6.92 Å². The van der Waals surface area contributed by atoms with Gasteiger partial charge in [0.15, 0.2) is 0 Å². The molecule has 4 aromatic rings. The highest BCUT2D eigenvalue weighted by molar-refractivity contribution is 6.03. The minimum Gasteiger partial charge on any atom is -0.478 e. The third-order valence-corrected chi connectivity index (χ3v) is 4.73. The van der Waals surface area contributed by atoms with Crippen LogP contribution in [0.5, 0.6) is 0 Å². The molecule has 2 N–H and O–H groups in total. The van der Waals surface area contributed by atoms with Gasteiger partial charge < -0.3 is 10.4 Å². The molecule has 0 atom stereocenters. The largest absolute Gasteiger partial charge is 0.478 e. The molecule has 0 aliphatic heterocycles. The third-order valence-electron chi connectivity index (χ3n) is 4.73. The zero-order valence-electron chi connectivity index (χ0n) is 15.6. The van der Waals surface area contributed by atoms with Crippen molar-refractivity contribution in [1.29, 1.82) is 0 Å². The van der Waals surface area contributed by atoms with Crippen LogP contribution in [-0.2, 0) is 0 Å². The predicted octanol–water partition coefficient (Wildman–Crippen LogP) is 5.01. The van der Waals surface area contributed by atoms with E-state index in [9.17, 15) is 9.90 Å². The van der Waals surface area contributed by atoms with Gasteiger partial charge in [-0.3, -0.25) is 4.98 Å². The zero-order chi connectivity index (χ0) is 19.7.